The number of urea groups is 1. The number of anilines is 1. The lowest BCUT2D eigenvalue weighted by atomic mass is 10.2. The molecule has 0 aliphatic heterocycles. The minimum atomic E-state index is -1.15. The van der Waals surface area contributed by atoms with Gasteiger partial charge in [-0.3, -0.25) is 9.59 Å². The third-order valence-corrected chi connectivity index (χ3v) is 3.52. The zero-order chi connectivity index (χ0) is 16.0. The highest BCUT2D eigenvalue weighted by atomic mass is 79.9. The van der Waals surface area contributed by atoms with Crippen LogP contribution >= 0.6 is 31.9 Å². The summed E-state index contributed by atoms with van der Waals surface area (Å²) < 4.78 is 1.39. The number of halogens is 2. The first kappa shape index (κ1) is 17.4. The summed E-state index contributed by atoms with van der Waals surface area (Å²) in [4.78, 5) is 33.2. The highest BCUT2D eigenvalue weighted by molar-refractivity contribution is 9.11. The predicted octanol–water partition coefficient (Wildman–Crippen LogP) is 1.84. The molecule has 0 saturated carbocycles. The van der Waals surface area contributed by atoms with Gasteiger partial charge in [-0.05, 0) is 56.5 Å². The Kier molecular flexibility index (Phi) is 6.63. The number of hydrogen-bond donors (Lipinski definition) is 4. The molecule has 7 nitrogen and oxygen atoms in total. The van der Waals surface area contributed by atoms with E-state index < -0.39 is 24.5 Å². The van der Waals surface area contributed by atoms with Gasteiger partial charge < -0.3 is 21.1 Å². The van der Waals surface area contributed by atoms with Crippen LogP contribution in [0.15, 0.2) is 21.1 Å². The molecule has 3 amide bonds. The van der Waals surface area contributed by atoms with E-state index in [0.29, 0.717) is 14.6 Å². The zero-order valence-electron chi connectivity index (χ0n) is 11.0. The number of carbonyl (C=O) groups is 3. The molecule has 0 aromatic heterocycles. The quantitative estimate of drug-likeness (QED) is 0.580. The lowest BCUT2D eigenvalue weighted by molar-refractivity contribution is -0.137. The molecule has 0 atom stereocenters. The monoisotopic (exact) mass is 421 g/mol. The second-order valence-corrected chi connectivity index (χ2v) is 5.79. The fourth-order valence-corrected chi connectivity index (χ4v) is 2.99. The van der Waals surface area contributed by atoms with Crippen LogP contribution in [0, 0.1) is 6.92 Å². The Balaban J connectivity index is 2.51. The summed E-state index contributed by atoms with van der Waals surface area (Å²) in [5, 5.41) is 15.4. The molecule has 1 rings (SSSR count). The van der Waals surface area contributed by atoms with Gasteiger partial charge in [-0.15, -0.1) is 0 Å². The van der Waals surface area contributed by atoms with Crippen LogP contribution in [0.5, 0.6) is 0 Å². The van der Waals surface area contributed by atoms with Crippen molar-refractivity contribution >= 4 is 55.5 Å². The molecular formula is C12H13Br2N3O4. The lowest BCUT2D eigenvalue weighted by Gasteiger charge is -2.11. The maximum atomic E-state index is 11.7. The van der Waals surface area contributed by atoms with Crippen LogP contribution in [0.3, 0.4) is 0 Å². The average molecular weight is 423 g/mol. The molecule has 1 aromatic carbocycles. The van der Waals surface area contributed by atoms with Crippen molar-refractivity contribution in [2.75, 3.05) is 18.4 Å². The third kappa shape index (κ3) is 6.13. The molecule has 0 aliphatic rings. The number of hydrogen-bond acceptors (Lipinski definition) is 3. The summed E-state index contributed by atoms with van der Waals surface area (Å²) >= 11 is 6.66. The standard InChI is InChI=1S/C12H13Br2N3O4/c1-6-2-7(13)11(8(14)3-6)17-12(21)16-4-9(18)15-5-10(19)20/h2-3H,4-5H2,1H3,(H,15,18)(H,19,20)(H2,16,17,21). The van der Waals surface area contributed by atoms with Crippen molar-refractivity contribution in [3.8, 4) is 0 Å². The van der Waals surface area contributed by atoms with E-state index in [9.17, 15) is 14.4 Å². The van der Waals surface area contributed by atoms with Gasteiger partial charge in [0.1, 0.15) is 6.54 Å². The minimum Gasteiger partial charge on any atom is -0.480 e. The summed E-state index contributed by atoms with van der Waals surface area (Å²) in [7, 11) is 0. The van der Waals surface area contributed by atoms with Crippen molar-refractivity contribution in [3.63, 3.8) is 0 Å². The highest BCUT2D eigenvalue weighted by Gasteiger charge is 2.11. The van der Waals surface area contributed by atoms with Crippen molar-refractivity contribution in [3.05, 3.63) is 26.6 Å². The first-order chi connectivity index (χ1) is 9.79. The number of benzene rings is 1. The summed E-state index contributed by atoms with van der Waals surface area (Å²) in [6.45, 7) is 1.10. The fraction of sp³-hybridized carbons (Fsp3) is 0.250. The maximum absolute atomic E-state index is 11.7. The first-order valence-corrected chi connectivity index (χ1v) is 7.37. The van der Waals surface area contributed by atoms with E-state index in [-0.39, 0.29) is 6.54 Å². The van der Waals surface area contributed by atoms with Gasteiger partial charge in [-0.25, -0.2) is 4.79 Å². The van der Waals surface area contributed by atoms with Gasteiger partial charge in [0.15, 0.2) is 0 Å². The van der Waals surface area contributed by atoms with Crippen molar-refractivity contribution < 1.29 is 19.5 Å². The molecule has 0 fully saturated rings. The van der Waals surface area contributed by atoms with Crippen LogP contribution in [-0.4, -0.2) is 36.1 Å². The first-order valence-electron chi connectivity index (χ1n) is 5.78. The van der Waals surface area contributed by atoms with Crippen LogP contribution in [0.25, 0.3) is 0 Å². The van der Waals surface area contributed by atoms with Gasteiger partial charge in [-0.2, -0.15) is 0 Å². The Morgan fingerprint density at radius 2 is 1.67 bits per heavy atom. The largest absolute Gasteiger partial charge is 0.480 e. The molecule has 1 aromatic rings. The normalized spacial score (nSPS) is 9.86. The second-order valence-electron chi connectivity index (χ2n) is 4.08. The topological polar surface area (TPSA) is 108 Å². The Hall–Kier alpha value is -1.61. The molecule has 0 saturated heterocycles. The van der Waals surface area contributed by atoms with Crippen LogP contribution in [-0.2, 0) is 9.59 Å². The van der Waals surface area contributed by atoms with E-state index in [1.807, 2.05) is 19.1 Å². The molecule has 0 bridgehead atoms. The molecule has 4 N–H and O–H groups in total. The summed E-state index contributed by atoms with van der Waals surface area (Å²) in [5.74, 6) is -1.74. The Labute approximate surface area is 137 Å². The summed E-state index contributed by atoms with van der Waals surface area (Å²) in [5.41, 5.74) is 1.54. The number of amides is 3. The SMILES string of the molecule is Cc1cc(Br)c(NC(=O)NCC(=O)NCC(=O)O)c(Br)c1. The Morgan fingerprint density at radius 1 is 1.10 bits per heavy atom. The predicted molar refractivity (Wildman–Crippen MR) is 84.2 cm³/mol. The van der Waals surface area contributed by atoms with Gasteiger partial charge in [-0.1, -0.05) is 0 Å². The van der Waals surface area contributed by atoms with Crippen molar-refractivity contribution in [2.24, 2.45) is 0 Å². The van der Waals surface area contributed by atoms with Gasteiger partial charge in [0, 0.05) is 8.95 Å². The minimum absolute atomic E-state index is 0.319. The number of aryl methyl sites for hydroxylation is 1. The van der Waals surface area contributed by atoms with E-state index >= 15 is 0 Å². The number of carboxylic acids is 1. The molecule has 0 unspecified atom stereocenters. The number of carbonyl (C=O) groups excluding carboxylic acids is 2. The van der Waals surface area contributed by atoms with E-state index in [2.05, 4.69) is 47.8 Å². The van der Waals surface area contributed by atoms with E-state index in [4.69, 9.17) is 5.11 Å². The van der Waals surface area contributed by atoms with Gasteiger partial charge in [0.25, 0.3) is 0 Å². The molecule has 0 aliphatic carbocycles. The van der Waals surface area contributed by atoms with Crippen molar-refractivity contribution in [2.45, 2.75) is 6.92 Å². The van der Waals surface area contributed by atoms with Crippen LogP contribution in [0.1, 0.15) is 5.56 Å². The summed E-state index contributed by atoms with van der Waals surface area (Å²) in [6.07, 6.45) is 0. The second kappa shape index (κ2) is 7.99. The molecule has 0 heterocycles. The van der Waals surface area contributed by atoms with E-state index in [1.54, 1.807) is 0 Å². The molecule has 114 valence electrons. The van der Waals surface area contributed by atoms with Crippen molar-refractivity contribution in [1.82, 2.24) is 10.6 Å². The average Bonchev–Trinajstić information content (AvgIpc) is 2.38. The number of nitrogens with one attached hydrogen (secondary N) is 3. The van der Waals surface area contributed by atoms with E-state index in [0.717, 1.165) is 5.56 Å². The van der Waals surface area contributed by atoms with Crippen LogP contribution < -0.4 is 16.0 Å². The van der Waals surface area contributed by atoms with Gasteiger partial charge in [0.2, 0.25) is 5.91 Å². The molecule has 9 heteroatoms. The number of carboxylic acid groups (broad SMARTS) is 1. The molecule has 21 heavy (non-hydrogen) atoms. The highest BCUT2D eigenvalue weighted by Crippen LogP contribution is 2.32. The smallest absolute Gasteiger partial charge is 0.322 e. The van der Waals surface area contributed by atoms with Crippen LogP contribution in [0.2, 0.25) is 0 Å². The molecule has 0 radical (unpaired) electrons. The summed E-state index contributed by atoms with van der Waals surface area (Å²) in [6, 6.07) is 3.09. The van der Waals surface area contributed by atoms with Gasteiger partial charge in [0.05, 0.1) is 12.2 Å². The molecule has 0 spiro atoms. The Morgan fingerprint density at radius 3 is 2.19 bits per heavy atom. The number of rotatable bonds is 5. The van der Waals surface area contributed by atoms with Crippen molar-refractivity contribution in [1.29, 1.82) is 0 Å². The van der Waals surface area contributed by atoms with Crippen LogP contribution in [0.4, 0.5) is 10.5 Å². The number of aliphatic carboxylic acids is 1. The molecular weight excluding hydrogens is 410 g/mol. The third-order valence-electron chi connectivity index (χ3n) is 2.27. The lowest BCUT2D eigenvalue weighted by Crippen LogP contribution is -2.40. The zero-order valence-corrected chi connectivity index (χ0v) is 14.2. The fourth-order valence-electron chi connectivity index (χ4n) is 1.37. The van der Waals surface area contributed by atoms with Gasteiger partial charge >= 0.3 is 12.0 Å². The Bertz CT molecular complexity index is 555. The maximum Gasteiger partial charge on any atom is 0.322 e. The van der Waals surface area contributed by atoms with E-state index in [1.165, 1.54) is 0 Å².